The Morgan fingerprint density at radius 2 is 2.08 bits per heavy atom. The zero-order valence-electron chi connectivity index (χ0n) is 15.1. The summed E-state index contributed by atoms with van der Waals surface area (Å²) >= 11 is 1.34. The van der Waals surface area contributed by atoms with Gasteiger partial charge >= 0.3 is 0 Å². The Morgan fingerprint density at radius 1 is 1.27 bits per heavy atom. The smallest absolute Gasteiger partial charge is 0.230 e. The summed E-state index contributed by atoms with van der Waals surface area (Å²) in [4.78, 5) is 16.9. The van der Waals surface area contributed by atoms with Crippen molar-refractivity contribution in [3.63, 3.8) is 0 Å². The number of benzene rings is 1. The number of thioether (sulfide) groups is 1. The van der Waals surface area contributed by atoms with E-state index in [2.05, 4.69) is 27.4 Å². The molecule has 0 spiro atoms. The fourth-order valence-electron chi connectivity index (χ4n) is 3.76. The number of amides is 1. The largest absolute Gasteiger partial charge is 0.352 e. The van der Waals surface area contributed by atoms with E-state index in [1.165, 1.54) is 31.0 Å². The van der Waals surface area contributed by atoms with E-state index in [0.717, 1.165) is 28.5 Å². The molecule has 4 rings (SSSR count). The van der Waals surface area contributed by atoms with Crippen molar-refractivity contribution in [3.8, 4) is 0 Å². The van der Waals surface area contributed by atoms with E-state index in [0.29, 0.717) is 22.9 Å². The van der Waals surface area contributed by atoms with Crippen LogP contribution in [0.1, 0.15) is 32.6 Å². The van der Waals surface area contributed by atoms with E-state index < -0.39 is 0 Å². The molecule has 26 heavy (non-hydrogen) atoms. The van der Waals surface area contributed by atoms with Gasteiger partial charge in [-0.1, -0.05) is 49.7 Å². The van der Waals surface area contributed by atoms with Crippen LogP contribution in [0.3, 0.4) is 0 Å². The summed E-state index contributed by atoms with van der Waals surface area (Å²) in [5.41, 5.74) is 2.67. The first-order valence-electron chi connectivity index (χ1n) is 9.13. The Hall–Kier alpha value is -2.15. The third-order valence-corrected chi connectivity index (χ3v) is 6.12. The molecule has 1 aromatic carbocycles. The van der Waals surface area contributed by atoms with Crippen LogP contribution < -0.4 is 5.32 Å². The van der Waals surface area contributed by atoms with Gasteiger partial charge in [0.25, 0.3) is 0 Å². The number of carbonyl (C=O) groups excluding carboxylic acids is 1. The minimum absolute atomic E-state index is 0.0505. The van der Waals surface area contributed by atoms with Gasteiger partial charge in [0.2, 0.25) is 11.1 Å². The minimum atomic E-state index is 0.0505. The van der Waals surface area contributed by atoms with Crippen molar-refractivity contribution in [2.75, 3.05) is 5.75 Å². The molecule has 2 unspecified atom stereocenters. The highest BCUT2D eigenvalue weighted by atomic mass is 32.2. The molecule has 0 radical (unpaired) electrons. The lowest BCUT2D eigenvalue weighted by atomic mass is 9.86. The second kappa shape index (κ2) is 7.23. The van der Waals surface area contributed by atoms with Gasteiger partial charge in [0.15, 0.2) is 5.65 Å². The average Bonchev–Trinajstić information content (AvgIpc) is 2.94. The first-order valence-corrected chi connectivity index (χ1v) is 10.1. The second-order valence-corrected chi connectivity index (χ2v) is 8.01. The first kappa shape index (κ1) is 17.3. The minimum Gasteiger partial charge on any atom is -0.352 e. The lowest BCUT2D eigenvalue weighted by molar-refractivity contribution is -0.119. The van der Waals surface area contributed by atoms with E-state index in [-0.39, 0.29) is 5.91 Å². The summed E-state index contributed by atoms with van der Waals surface area (Å²) in [6.07, 6.45) is 4.75. The first-order chi connectivity index (χ1) is 12.6. The van der Waals surface area contributed by atoms with Crippen LogP contribution in [-0.4, -0.2) is 37.5 Å². The molecule has 2 aromatic heterocycles. The van der Waals surface area contributed by atoms with Gasteiger partial charge in [-0.15, -0.1) is 10.2 Å². The van der Waals surface area contributed by atoms with E-state index in [1.54, 1.807) is 0 Å². The Balaban J connectivity index is 1.46. The SMILES string of the molecule is CC1CCCCC1NC(=O)CSc1nnc2c3ccccc3n(C)c2n1. The number of rotatable bonds is 4. The third kappa shape index (κ3) is 3.28. The Kier molecular flexibility index (Phi) is 4.80. The number of aromatic nitrogens is 4. The van der Waals surface area contributed by atoms with Gasteiger partial charge < -0.3 is 9.88 Å². The van der Waals surface area contributed by atoms with Crippen LogP contribution in [0.25, 0.3) is 22.1 Å². The molecule has 1 aliphatic rings. The van der Waals surface area contributed by atoms with Gasteiger partial charge in [0, 0.05) is 18.5 Å². The van der Waals surface area contributed by atoms with Crippen molar-refractivity contribution in [3.05, 3.63) is 24.3 Å². The van der Waals surface area contributed by atoms with Crippen LogP contribution in [0.2, 0.25) is 0 Å². The highest BCUT2D eigenvalue weighted by molar-refractivity contribution is 7.99. The third-order valence-electron chi connectivity index (χ3n) is 5.28. The molecule has 1 aliphatic carbocycles. The number of para-hydroxylation sites is 1. The maximum absolute atomic E-state index is 12.3. The number of nitrogens with zero attached hydrogens (tertiary/aromatic N) is 4. The standard InChI is InChI=1S/C19H23N5OS/c1-12-7-3-5-9-14(12)20-16(25)11-26-19-21-18-17(22-23-19)13-8-4-6-10-15(13)24(18)2/h4,6,8,10,12,14H,3,5,7,9,11H2,1-2H3,(H,20,25). The molecule has 1 saturated carbocycles. The molecule has 2 atom stereocenters. The summed E-state index contributed by atoms with van der Waals surface area (Å²) in [5.74, 6) is 0.928. The van der Waals surface area contributed by atoms with Crippen LogP contribution >= 0.6 is 11.8 Å². The Labute approximate surface area is 156 Å². The fourth-order valence-corrected chi connectivity index (χ4v) is 4.36. The van der Waals surface area contributed by atoms with Gasteiger partial charge in [-0.05, 0) is 24.8 Å². The number of fused-ring (bicyclic) bond motifs is 3. The molecule has 6 nitrogen and oxygen atoms in total. The average molecular weight is 369 g/mol. The molecule has 2 heterocycles. The van der Waals surface area contributed by atoms with Crippen LogP contribution in [0, 0.1) is 5.92 Å². The molecule has 1 N–H and O–H groups in total. The number of hydrogen-bond acceptors (Lipinski definition) is 5. The molecular weight excluding hydrogens is 346 g/mol. The summed E-state index contributed by atoms with van der Waals surface area (Å²) < 4.78 is 2.02. The monoisotopic (exact) mass is 369 g/mol. The molecule has 7 heteroatoms. The summed E-state index contributed by atoms with van der Waals surface area (Å²) in [5, 5.41) is 13.3. The van der Waals surface area contributed by atoms with Crippen molar-refractivity contribution in [2.45, 2.75) is 43.8 Å². The van der Waals surface area contributed by atoms with Crippen LogP contribution in [0.4, 0.5) is 0 Å². The molecule has 1 amide bonds. The molecule has 1 fully saturated rings. The maximum Gasteiger partial charge on any atom is 0.230 e. The topological polar surface area (TPSA) is 72.7 Å². The number of carbonyl (C=O) groups is 1. The maximum atomic E-state index is 12.3. The van der Waals surface area contributed by atoms with Crippen LogP contribution in [0.15, 0.2) is 29.4 Å². The van der Waals surface area contributed by atoms with Gasteiger partial charge in [-0.3, -0.25) is 4.79 Å². The fraction of sp³-hybridized carbons (Fsp3) is 0.474. The second-order valence-electron chi connectivity index (χ2n) is 7.07. The molecule has 3 aromatic rings. The van der Waals surface area contributed by atoms with Crippen LogP contribution in [-0.2, 0) is 11.8 Å². The molecule has 0 bridgehead atoms. The molecular formula is C19H23N5OS. The summed E-state index contributed by atoms with van der Waals surface area (Å²) in [6, 6.07) is 8.37. The zero-order valence-corrected chi connectivity index (χ0v) is 15.9. The number of aryl methyl sites for hydroxylation is 1. The van der Waals surface area contributed by atoms with E-state index in [1.807, 2.05) is 35.9 Å². The van der Waals surface area contributed by atoms with Gasteiger partial charge in [0.1, 0.15) is 5.52 Å². The van der Waals surface area contributed by atoms with Crippen molar-refractivity contribution in [1.82, 2.24) is 25.1 Å². The Morgan fingerprint density at radius 3 is 2.92 bits per heavy atom. The predicted molar refractivity (Wildman–Crippen MR) is 104 cm³/mol. The normalized spacial score (nSPS) is 20.5. The van der Waals surface area contributed by atoms with Crippen LogP contribution in [0.5, 0.6) is 0 Å². The number of nitrogens with one attached hydrogen (secondary N) is 1. The van der Waals surface area contributed by atoms with Crippen molar-refractivity contribution < 1.29 is 4.79 Å². The molecule has 0 saturated heterocycles. The van der Waals surface area contributed by atoms with Gasteiger partial charge in [-0.25, -0.2) is 4.98 Å². The number of hydrogen-bond donors (Lipinski definition) is 1. The van der Waals surface area contributed by atoms with E-state index in [4.69, 9.17) is 0 Å². The van der Waals surface area contributed by atoms with E-state index >= 15 is 0 Å². The highest BCUT2D eigenvalue weighted by Crippen LogP contribution is 2.26. The summed E-state index contributed by atoms with van der Waals surface area (Å²) in [7, 11) is 1.98. The predicted octanol–water partition coefficient (Wildman–Crippen LogP) is 3.30. The van der Waals surface area contributed by atoms with Crippen molar-refractivity contribution in [1.29, 1.82) is 0 Å². The quantitative estimate of drug-likeness (QED) is 0.714. The summed E-state index contributed by atoms with van der Waals surface area (Å²) in [6.45, 7) is 2.22. The van der Waals surface area contributed by atoms with Crippen molar-refractivity contribution in [2.24, 2.45) is 13.0 Å². The van der Waals surface area contributed by atoms with E-state index in [9.17, 15) is 4.79 Å². The molecule has 0 aliphatic heterocycles. The Bertz CT molecular complexity index is 954. The van der Waals surface area contributed by atoms with Crippen molar-refractivity contribution >= 4 is 39.7 Å². The zero-order chi connectivity index (χ0) is 18.1. The van der Waals surface area contributed by atoms with Gasteiger partial charge in [-0.2, -0.15) is 0 Å². The molecule has 136 valence electrons. The lowest BCUT2D eigenvalue weighted by Gasteiger charge is -2.29. The van der Waals surface area contributed by atoms with Gasteiger partial charge in [0.05, 0.1) is 11.3 Å². The highest BCUT2D eigenvalue weighted by Gasteiger charge is 2.23. The lowest BCUT2D eigenvalue weighted by Crippen LogP contribution is -2.41.